The molecule has 0 spiro atoms. The topological polar surface area (TPSA) is 133 Å². The monoisotopic (exact) mass is 699 g/mol. The number of hydrogen-bond donors (Lipinski definition) is 3. The number of halogens is 5. The second kappa shape index (κ2) is 11.9. The number of pyridine rings is 1. The summed E-state index contributed by atoms with van der Waals surface area (Å²) in [6.45, 7) is 2.89. The predicted octanol–water partition coefficient (Wildman–Crippen LogP) is 7.78. The molecule has 7 rings (SSSR count). The molecule has 5 heterocycles. The summed E-state index contributed by atoms with van der Waals surface area (Å²) in [5, 5.41) is 24.3. The Hall–Kier alpha value is -4.09. The third-order valence-electron chi connectivity index (χ3n) is 9.02. The quantitative estimate of drug-likeness (QED) is 0.146. The summed E-state index contributed by atoms with van der Waals surface area (Å²) in [7, 11) is 0. The number of anilines is 2. The molecule has 2 aliphatic rings. The fourth-order valence-corrected chi connectivity index (χ4v) is 8.34. The second-order valence-electron chi connectivity index (χ2n) is 11.8. The number of hydrogen-bond acceptors (Lipinski definition) is 10. The number of phenols is 1. The Morgan fingerprint density at radius 2 is 2.09 bits per heavy atom. The van der Waals surface area contributed by atoms with Crippen molar-refractivity contribution in [3.05, 3.63) is 63.4 Å². The molecule has 0 aliphatic carbocycles. The minimum atomic E-state index is -0.991. The van der Waals surface area contributed by atoms with Gasteiger partial charge in [-0.15, -0.1) is 11.3 Å². The van der Waals surface area contributed by atoms with Crippen molar-refractivity contribution in [2.45, 2.75) is 43.9 Å². The molecule has 2 aromatic carbocycles. The Balaban J connectivity index is 1.42. The highest BCUT2D eigenvalue weighted by molar-refractivity contribution is 7.23. The Kier molecular flexibility index (Phi) is 7.95. The molecule has 2 saturated heterocycles. The van der Waals surface area contributed by atoms with E-state index in [1.165, 1.54) is 12.3 Å². The number of nitrogens with two attached hydrogens (primary N) is 1. The van der Waals surface area contributed by atoms with Crippen molar-refractivity contribution in [1.82, 2.24) is 19.9 Å². The fraction of sp³-hybridized carbons (Fsp3) is 0.312. The van der Waals surface area contributed by atoms with Gasteiger partial charge in [0.1, 0.15) is 51.9 Å². The Labute approximate surface area is 280 Å². The summed E-state index contributed by atoms with van der Waals surface area (Å²) >= 11 is 13.9. The summed E-state index contributed by atoms with van der Waals surface area (Å²) < 4.78 is 52.3. The van der Waals surface area contributed by atoms with E-state index in [0.717, 1.165) is 36.8 Å². The van der Waals surface area contributed by atoms with Gasteiger partial charge in [0.15, 0.2) is 5.82 Å². The molecule has 9 nitrogen and oxygen atoms in total. The van der Waals surface area contributed by atoms with E-state index in [1.54, 1.807) is 19.1 Å². The van der Waals surface area contributed by atoms with Crippen LogP contribution in [0.1, 0.15) is 43.4 Å². The molecule has 4 N–H and O–H groups in total. The third-order valence-corrected chi connectivity index (χ3v) is 10.7. The van der Waals surface area contributed by atoms with E-state index in [9.17, 15) is 19.1 Å². The van der Waals surface area contributed by atoms with Crippen LogP contribution in [0.25, 0.3) is 32.1 Å². The average Bonchev–Trinajstić information content (AvgIpc) is 3.69. The smallest absolute Gasteiger partial charge is 0.319 e. The average molecular weight is 701 g/mol. The van der Waals surface area contributed by atoms with Gasteiger partial charge in [0.2, 0.25) is 0 Å². The molecule has 5 aromatic rings. The Bertz CT molecular complexity index is 2130. The van der Waals surface area contributed by atoms with E-state index in [-0.39, 0.29) is 66.3 Å². The highest BCUT2D eigenvalue weighted by Gasteiger charge is 2.49. The van der Waals surface area contributed by atoms with E-state index >= 15 is 4.39 Å². The number of thiophene rings is 1. The number of benzene rings is 2. The zero-order valence-corrected chi connectivity index (χ0v) is 27.1. The maximum atomic E-state index is 16.9. The molecule has 0 unspecified atom stereocenters. The van der Waals surface area contributed by atoms with Crippen LogP contribution in [0.4, 0.5) is 24.0 Å². The number of rotatable bonds is 7. The van der Waals surface area contributed by atoms with Crippen LogP contribution in [0.3, 0.4) is 0 Å². The first-order chi connectivity index (χ1) is 22.5. The van der Waals surface area contributed by atoms with Crippen molar-refractivity contribution in [2.24, 2.45) is 0 Å². The van der Waals surface area contributed by atoms with Gasteiger partial charge in [-0.3, -0.25) is 4.90 Å². The highest BCUT2D eigenvalue weighted by Crippen LogP contribution is 2.50. The van der Waals surface area contributed by atoms with Gasteiger partial charge in [0.05, 0.1) is 32.3 Å². The number of nitrogens with one attached hydrogen (secondary N) is 1. The van der Waals surface area contributed by atoms with Crippen molar-refractivity contribution >= 4 is 66.3 Å². The van der Waals surface area contributed by atoms with Gasteiger partial charge in [-0.2, -0.15) is 15.2 Å². The van der Waals surface area contributed by atoms with Crippen molar-refractivity contribution < 1.29 is 23.0 Å². The SMILES string of the molecule is C[C@@H](Nc1nc(OC[C@@]23CCCN2C[C@H](F)C3)nc2c(F)c(-c3ccc(F)c4sc(N)c(C#N)c34)c(Cl)c(O)c12)c1cccnc1Cl. The number of ether oxygens (including phenoxy) is 1. The van der Waals surface area contributed by atoms with Crippen LogP contribution < -0.4 is 15.8 Å². The van der Waals surface area contributed by atoms with Gasteiger partial charge in [0.25, 0.3) is 0 Å². The molecule has 3 atom stereocenters. The zero-order valence-electron chi connectivity index (χ0n) is 24.8. The molecule has 2 aliphatic heterocycles. The number of phenolic OH excluding ortho intramolecular Hbond substituents is 1. The summed E-state index contributed by atoms with van der Waals surface area (Å²) in [4.78, 5) is 15.1. The lowest BCUT2D eigenvalue weighted by molar-refractivity contribution is 0.107. The van der Waals surface area contributed by atoms with Crippen LogP contribution in [0, 0.1) is 23.0 Å². The maximum absolute atomic E-state index is 16.9. The standard InChI is InChI=1S/C32H26Cl2F3N7O2S/c1-14(16-4-2-8-40-28(16)34)41-30-22-25(42-31(43-30)46-13-32-7-3-9-44(32)12-15(35)10-32)24(37)21(23(33)26(22)45)17-5-6-19(36)27-20(17)18(11-38)29(39)47-27/h2,4-6,8,14-15,45H,3,7,9-10,12-13,39H2,1H3,(H,41,42,43)/t14-,15-,32+/m1/s1. The summed E-state index contributed by atoms with van der Waals surface area (Å²) in [5.74, 6) is -2.21. The fourth-order valence-electron chi connectivity index (χ4n) is 6.83. The van der Waals surface area contributed by atoms with Gasteiger partial charge in [-0.1, -0.05) is 35.3 Å². The van der Waals surface area contributed by atoms with E-state index in [2.05, 4.69) is 25.2 Å². The maximum Gasteiger partial charge on any atom is 0.319 e. The Morgan fingerprint density at radius 1 is 1.28 bits per heavy atom. The molecular formula is C32H26Cl2F3N7O2S. The van der Waals surface area contributed by atoms with Gasteiger partial charge in [0, 0.05) is 35.7 Å². The first-order valence-corrected chi connectivity index (χ1v) is 16.3. The largest absolute Gasteiger partial charge is 0.506 e. The lowest BCUT2D eigenvalue weighted by atomic mass is 9.95. The van der Waals surface area contributed by atoms with Gasteiger partial charge in [-0.25, -0.2) is 18.2 Å². The lowest BCUT2D eigenvalue weighted by Crippen LogP contribution is -2.43. The molecule has 15 heteroatoms. The van der Waals surface area contributed by atoms with Crippen molar-refractivity contribution in [3.8, 4) is 29.0 Å². The van der Waals surface area contributed by atoms with Gasteiger partial charge >= 0.3 is 6.01 Å². The molecule has 47 heavy (non-hydrogen) atoms. The zero-order chi connectivity index (χ0) is 33.2. The van der Waals surface area contributed by atoms with Crippen LogP contribution >= 0.6 is 34.5 Å². The molecule has 3 aromatic heterocycles. The van der Waals surface area contributed by atoms with Crippen LogP contribution in [-0.2, 0) is 0 Å². The van der Waals surface area contributed by atoms with Crippen LogP contribution in [-0.4, -0.2) is 56.4 Å². The van der Waals surface area contributed by atoms with E-state index in [1.807, 2.05) is 6.07 Å². The number of alkyl halides is 1. The minimum absolute atomic E-state index is 0.0143. The van der Waals surface area contributed by atoms with Crippen molar-refractivity contribution in [1.29, 1.82) is 5.26 Å². The van der Waals surface area contributed by atoms with E-state index in [0.29, 0.717) is 18.5 Å². The van der Waals surface area contributed by atoms with Gasteiger partial charge < -0.3 is 20.9 Å². The molecule has 0 amide bonds. The molecule has 0 bridgehead atoms. The number of aromatic hydroxyl groups is 1. The van der Waals surface area contributed by atoms with Crippen LogP contribution in [0.2, 0.25) is 10.2 Å². The first kappa shape index (κ1) is 31.5. The molecule has 2 fully saturated rings. The summed E-state index contributed by atoms with van der Waals surface area (Å²) in [5.41, 5.74) is 5.40. The summed E-state index contributed by atoms with van der Waals surface area (Å²) in [6.07, 6.45) is 2.45. The second-order valence-corrected chi connectivity index (χ2v) is 13.6. The number of nitrogens with zero attached hydrogens (tertiary/aromatic N) is 5. The highest BCUT2D eigenvalue weighted by atomic mass is 35.5. The first-order valence-electron chi connectivity index (χ1n) is 14.7. The Morgan fingerprint density at radius 3 is 2.85 bits per heavy atom. The normalized spacial score (nSPS) is 20.1. The molecule has 242 valence electrons. The van der Waals surface area contributed by atoms with E-state index < -0.39 is 40.2 Å². The molecule has 0 saturated carbocycles. The molecular weight excluding hydrogens is 674 g/mol. The number of fused-ring (bicyclic) bond motifs is 3. The predicted molar refractivity (Wildman–Crippen MR) is 176 cm³/mol. The van der Waals surface area contributed by atoms with Crippen molar-refractivity contribution in [2.75, 3.05) is 30.7 Å². The van der Waals surface area contributed by atoms with E-state index in [4.69, 9.17) is 33.7 Å². The number of nitriles is 1. The minimum Gasteiger partial charge on any atom is -0.506 e. The summed E-state index contributed by atoms with van der Waals surface area (Å²) in [6, 6.07) is 7.03. The van der Waals surface area contributed by atoms with Crippen LogP contribution in [0.5, 0.6) is 11.8 Å². The third kappa shape index (κ3) is 5.14. The van der Waals surface area contributed by atoms with Crippen LogP contribution in [0.15, 0.2) is 30.5 Å². The lowest BCUT2D eigenvalue weighted by Gasteiger charge is -2.31. The van der Waals surface area contributed by atoms with Crippen molar-refractivity contribution in [3.63, 3.8) is 0 Å². The molecule has 0 radical (unpaired) electrons. The number of nitrogen functional groups attached to an aromatic ring is 1. The van der Waals surface area contributed by atoms with Gasteiger partial charge in [-0.05, 0) is 44.0 Å². The number of aromatic nitrogens is 3.